The fourth-order valence-corrected chi connectivity index (χ4v) is 0.826. The fourth-order valence-electron chi connectivity index (χ4n) is 0.826. The number of ether oxygens (including phenoxy) is 1. The molecule has 0 aliphatic rings. The Labute approximate surface area is 84.8 Å². The number of nitrogens with two attached hydrogens (primary N) is 1. The number of esters is 1. The molecule has 0 aliphatic heterocycles. The van der Waals surface area contributed by atoms with Gasteiger partial charge in [0.2, 0.25) is 5.91 Å². The van der Waals surface area contributed by atoms with Gasteiger partial charge in [-0.15, -0.1) is 0 Å². The molecule has 0 heterocycles. The zero-order valence-electron chi connectivity index (χ0n) is 9.51. The van der Waals surface area contributed by atoms with E-state index in [0.29, 0.717) is 0 Å². The topological polar surface area (TPSA) is 69.4 Å². The highest BCUT2D eigenvalue weighted by atomic mass is 16.6. The summed E-state index contributed by atoms with van der Waals surface area (Å²) in [5, 5.41) is 0. The van der Waals surface area contributed by atoms with Gasteiger partial charge in [-0.25, -0.2) is 0 Å². The lowest BCUT2D eigenvalue weighted by Gasteiger charge is -2.24. The van der Waals surface area contributed by atoms with Gasteiger partial charge < -0.3 is 10.5 Å². The minimum absolute atomic E-state index is 0.0135. The Hall–Kier alpha value is -1.06. The van der Waals surface area contributed by atoms with Crippen molar-refractivity contribution in [2.45, 2.75) is 46.6 Å². The van der Waals surface area contributed by atoms with Crippen LogP contribution in [0.15, 0.2) is 0 Å². The molecule has 0 atom stereocenters. The molecule has 0 spiro atoms. The Morgan fingerprint density at radius 2 is 1.57 bits per heavy atom. The van der Waals surface area contributed by atoms with Crippen LogP contribution in [0.1, 0.15) is 41.0 Å². The van der Waals surface area contributed by atoms with E-state index in [9.17, 15) is 9.59 Å². The monoisotopic (exact) mass is 201 g/mol. The van der Waals surface area contributed by atoms with Gasteiger partial charge in [0.05, 0.1) is 11.8 Å². The van der Waals surface area contributed by atoms with Gasteiger partial charge in [0.25, 0.3) is 0 Å². The summed E-state index contributed by atoms with van der Waals surface area (Å²) in [5.74, 6) is -0.898. The molecular formula is C10H19NO3. The second kappa shape index (κ2) is 3.98. The molecule has 14 heavy (non-hydrogen) atoms. The summed E-state index contributed by atoms with van der Waals surface area (Å²) < 4.78 is 5.08. The van der Waals surface area contributed by atoms with Crippen LogP contribution in [0, 0.1) is 5.41 Å². The lowest BCUT2D eigenvalue weighted by molar-refractivity contribution is -0.159. The first-order chi connectivity index (χ1) is 6.04. The summed E-state index contributed by atoms with van der Waals surface area (Å²) in [6, 6.07) is 0. The van der Waals surface area contributed by atoms with Crippen molar-refractivity contribution in [3.63, 3.8) is 0 Å². The van der Waals surface area contributed by atoms with E-state index in [1.165, 1.54) is 0 Å². The smallest absolute Gasteiger partial charge is 0.307 e. The second-order valence-electron chi connectivity index (χ2n) is 5.01. The molecule has 0 radical (unpaired) electrons. The van der Waals surface area contributed by atoms with Gasteiger partial charge >= 0.3 is 5.97 Å². The third-order valence-electron chi connectivity index (χ3n) is 1.67. The van der Waals surface area contributed by atoms with E-state index in [4.69, 9.17) is 10.5 Å². The molecule has 1 amide bonds. The molecule has 0 saturated heterocycles. The van der Waals surface area contributed by atoms with Crippen molar-refractivity contribution in [1.29, 1.82) is 0 Å². The van der Waals surface area contributed by atoms with Gasteiger partial charge in [0.15, 0.2) is 0 Å². The van der Waals surface area contributed by atoms with Crippen molar-refractivity contribution in [3.05, 3.63) is 0 Å². The van der Waals surface area contributed by atoms with Crippen molar-refractivity contribution >= 4 is 11.9 Å². The number of amides is 1. The van der Waals surface area contributed by atoms with Crippen molar-refractivity contribution in [2.24, 2.45) is 11.1 Å². The molecule has 0 saturated carbocycles. The van der Waals surface area contributed by atoms with E-state index < -0.39 is 22.9 Å². The number of carbonyl (C=O) groups excluding carboxylic acids is 2. The first-order valence-electron chi connectivity index (χ1n) is 4.56. The average Bonchev–Trinajstić information content (AvgIpc) is 1.79. The van der Waals surface area contributed by atoms with E-state index in [0.717, 1.165) is 0 Å². The van der Waals surface area contributed by atoms with Crippen molar-refractivity contribution in [2.75, 3.05) is 0 Å². The predicted octanol–water partition coefficient (Wildman–Crippen LogP) is 1.23. The first kappa shape index (κ1) is 12.9. The minimum atomic E-state index is -0.845. The Kier molecular flexibility index (Phi) is 3.68. The largest absolute Gasteiger partial charge is 0.460 e. The van der Waals surface area contributed by atoms with E-state index in [2.05, 4.69) is 0 Å². The molecule has 0 bridgehead atoms. The highest BCUT2D eigenvalue weighted by Gasteiger charge is 2.30. The molecule has 0 aliphatic carbocycles. The first-order valence-corrected chi connectivity index (χ1v) is 4.56. The van der Waals surface area contributed by atoms with Crippen LogP contribution in [0.2, 0.25) is 0 Å². The van der Waals surface area contributed by atoms with Crippen molar-refractivity contribution in [3.8, 4) is 0 Å². The maximum absolute atomic E-state index is 11.3. The lowest BCUT2D eigenvalue weighted by atomic mass is 9.89. The molecule has 0 fully saturated rings. The fraction of sp³-hybridized carbons (Fsp3) is 0.800. The summed E-state index contributed by atoms with van der Waals surface area (Å²) in [7, 11) is 0. The zero-order valence-corrected chi connectivity index (χ0v) is 9.51. The Morgan fingerprint density at radius 3 is 1.86 bits per heavy atom. The summed E-state index contributed by atoms with van der Waals surface area (Å²) >= 11 is 0. The minimum Gasteiger partial charge on any atom is -0.460 e. The van der Waals surface area contributed by atoms with Gasteiger partial charge in [-0.2, -0.15) is 0 Å². The molecular weight excluding hydrogens is 182 g/mol. The maximum atomic E-state index is 11.3. The summed E-state index contributed by atoms with van der Waals surface area (Å²) in [5.41, 5.74) is 3.77. The van der Waals surface area contributed by atoms with Crippen molar-refractivity contribution in [1.82, 2.24) is 0 Å². The number of rotatable bonds is 3. The molecule has 0 aromatic heterocycles. The normalized spacial score (nSPS) is 12.4. The van der Waals surface area contributed by atoms with Gasteiger partial charge in [0.1, 0.15) is 5.60 Å². The van der Waals surface area contributed by atoms with Crippen LogP contribution in [-0.4, -0.2) is 17.5 Å². The van der Waals surface area contributed by atoms with Crippen molar-refractivity contribution < 1.29 is 14.3 Å². The van der Waals surface area contributed by atoms with Crippen LogP contribution in [-0.2, 0) is 14.3 Å². The van der Waals surface area contributed by atoms with Crippen LogP contribution in [0.5, 0.6) is 0 Å². The average molecular weight is 201 g/mol. The summed E-state index contributed by atoms with van der Waals surface area (Å²) in [6.07, 6.45) is 0.0135. The van der Waals surface area contributed by atoms with Crippen LogP contribution in [0.25, 0.3) is 0 Å². The zero-order chi connectivity index (χ0) is 11.6. The standard InChI is InChI=1S/C10H19NO3/c1-9(2,3)14-7(12)6-10(4,5)8(11)13/h6H2,1-5H3,(H2,11,13). The number of hydrogen-bond acceptors (Lipinski definition) is 3. The van der Waals surface area contributed by atoms with Crippen LogP contribution >= 0.6 is 0 Å². The lowest BCUT2D eigenvalue weighted by Crippen LogP contribution is -2.35. The summed E-state index contributed by atoms with van der Waals surface area (Å²) in [4.78, 5) is 22.3. The Morgan fingerprint density at radius 1 is 1.14 bits per heavy atom. The Bertz CT molecular complexity index is 238. The summed E-state index contributed by atoms with van der Waals surface area (Å²) in [6.45, 7) is 8.59. The molecule has 4 heteroatoms. The molecule has 2 N–H and O–H groups in total. The number of hydrogen-bond donors (Lipinski definition) is 1. The number of primary amides is 1. The van der Waals surface area contributed by atoms with Gasteiger partial charge in [-0.3, -0.25) is 9.59 Å². The van der Waals surface area contributed by atoms with E-state index in [-0.39, 0.29) is 6.42 Å². The van der Waals surface area contributed by atoms with E-state index in [1.807, 2.05) is 0 Å². The van der Waals surface area contributed by atoms with Gasteiger partial charge in [-0.1, -0.05) is 13.8 Å². The highest BCUT2D eigenvalue weighted by molar-refractivity contribution is 5.85. The molecule has 4 nitrogen and oxygen atoms in total. The Balaban J connectivity index is 4.27. The third kappa shape index (κ3) is 4.84. The predicted molar refractivity (Wildman–Crippen MR) is 53.4 cm³/mol. The van der Waals surface area contributed by atoms with Gasteiger partial charge in [-0.05, 0) is 20.8 Å². The molecule has 0 unspecified atom stereocenters. The van der Waals surface area contributed by atoms with E-state index in [1.54, 1.807) is 34.6 Å². The van der Waals surface area contributed by atoms with Crippen LogP contribution < -0.4 is 5.73 Å². The quantitative estimate of drug-likeness (QED) is 0.698. The van der Waals surface area contributed by atoms with Crippen LogP contribution in [0.3, 0.4) is 0 Å². The molecule has 82 valence electrons. The van der Waals surface area contributed by atoms with Gasteiger partial charge in [0, 0.05) is 0 Å². The molecule has 0 aromatic rings. The highest BCUT2D eigenvalue weighted by Crippen LogP contribution is 2.21. The maximum Gasteiger partial charge on any atom is 0.307 e. The third-order valence-corrected chi connectivity index (χ3v) is 1.67. The SMILES string of the molecule is CC(C)(C)OC(=O)CC(C)(C)C(N)=O. The van der Waals surface area contributed by atoms with Crippen LogP contribution in [0.4, 0.5) is 0 Å². The number of carbonyl (C=O) groups is 2. The second-order valence-corrected chi connectivity index (χ2v) is 5.01. The molecule has 0 aromatic carbocycles. The molecule has 0 rings (SSSR count). The van der Waals surface area contributed by atoms with E-state index >= 15 is 0 Å².